The van der Waals surface area contributed by atoms with Crippen LogP contribution in [0.1, 0.15) is 15.9 Å². The Bertz CT molecular complexity index is 837. The topological polar surface area (TPSA) is 66.5 Å². The molecule has 0 aliphatic heterocycles. The molecule has 7 heteroatoms. The van der Waals surface area contributed by atoms with E-state index in [9.17, 15) is 17.6 Å². The van der Waals surface area contributed by atoms with Gasteiger partial charge in [0.1, 0.15) is 5.82 Å². The van der Waals surface area contributed by atoms with Crippen LogP contribution in [0.5, 0.6) is 0 Å². The molecule has 24 heavy (non-hydrogen) atoms. The van der Waals surface area contributed by atoms with Crippen LogP contribution in [0.15, 0.2) is 48.5 Å². The number of sulfonamides is 1. The van der Waals surface area contributed by atoms with Crippen molar-refractivity contribution in [1.82, 2.24) is 5.32 Å². The molecule has 0 saturated carbocycles. The molecule has 5 nitrogen and oxygen atoms in total. The van der Waals surface area contributed by atoms with Crippen molar-refractivity contribution in [2.24, 2.45) is 0 Å². The van der Waals surface area contributed by atoms with Crippen molar-refractivity contribution in [2.45, 2.75) is 6.92 Å². The summed E-state index contributed by atoms with van der Waals surface area (Å²) in [4.78, 5) is 12.0. The molecule has 0 heterocycles. The quantitative estimate of drug-likeness (QED) is 0.869. The first kappa shape index (κ1) is 17.9. The lowest BCUT2D eigenvalue weighted by Crippen LogP contribution is -2.38. The van der Waals surface area contributed by atoms with Crippen LogP contribution in [0.3, 0.4) is 0 Å². The Hall–Kier alpha value is -2.41. The number of hydrogen-bond donors (Lipinski definition) is 1. The van der Waals surface area contributed by atoms with E-state index < -0.39 is 21.7 Å². The number of rotatable bonds is 6. The molecule has 0 radical (unpaired) electrons. The third kappa shape index (κ3) is 4.32. The maximum Gasteiger partial charge on any atom is 0.254 e. The first-order valence-corrected chi connectivity index (χ1v) is 9.21. The van der Waals surface area contributed by atoms with Gasteiger partial charge in [-0.15, -0.1) is 0 Å². The summed E-state index contributed by atoms with van der Waals surface area (Å²) in [5.74, 6) is -1.19. The molecule has 128 valence electrons. The maximum atomic E-state index is 13.6. The van der Waals surface area contributed by atoms with Crippen LogP contribution in [0.25, 0.3) is 0 Å². The molecule has 0 bridgehead atoms. The summed E-state index contributed by atoms with van der Waals surface area (Å²) in [7, 11) is -3.50. The standard InChI is InChI=1S/C17H19FN2O3S/c1-13-7-3-6-10-16(13)20(24(2,22)23)12-11-19-17(21)14-8-4-5-9-15(14)18/h3-10H,11-12H2,1-2H3,(H,19,21). The van der Waals surface area contributed by atoms with E-state index in [0.29, 0.717) is 5.69 Å². The Balaban J connectivity index is 2.09. The highest BCUT2D eigenvalue weighted by Crippen LogP contribution is 2.21. The summed E-state index contributed by atoms with van der Waals surface area (Å²) < 4.78 is 38.9. The first-order chi connectivity index (χ1) is 11.3. The zero-order valence-electron chi connectivity index (χ0n) is 13.5. The Morgan fingerprint density at radius 1 is 1.12 bits per heavy atom. The highest BCUT2D eigenvalue weighted by molar-refractivity contribution is 7.92. The Morgan fingerprint density at radius 2 is 1.75 bits per heavy atom. The van der Waals surface area contributed by atoms with Gasteiger partial charge in [0.05, 0.1) is 24.1 Å². The number of amides is 1. The molecule has 0 spiro atoms. The summed E-state index contributed by atoms with van der Waals surface area (Å²) in [5, 5.41) is 2.55. The molecule has 0 fully saturated rings. The van der Waals surface area contributed by atoms with Crippen LogP contribution >= 0.6 is 0 Å². The molecule has 1 amide bonds. The average molecular weight is 350 g/mol. The molecule has 0 aromatic heterocycles. The van der Waals surface area contributed by atoms with Crippen LogP contribution in [-0.2, 0) is 10.0 Å². The van der Waals surface area contributed by atoms with E-state index in [1.54, 1.807) is 18.2 Å². The fourth-order valence-electron chi connectivity index (χ4n) is 2.32. The molecule has 1 N–H and O–H groups in total. The lowest BCUT2D eigenvalue weighted by Gasteiger charge is -2.24. The van der Waals surface area contributed by atoms with Gasteiger partial charge in [-0.25, -0.2) is 12.8 Å². The fourth-order valence-corrected chi connectivity index (χ4v) is 3.30. The normalized spacial score (nSPS) is 11.1. The largest absolute Gasteiger partial charge is 0.350 e. The van der Waals surface area contributed by atoms with Gasteiger partial charge in [0, 0.05) is 6.54 Å². The van der Waals surface area contributed by atoms with Gasteiger partial charge in [0.25, 0.3) is 5.91 Å². The van der Waals surface area contributed by atoms with Gasteiger partial charge in [0.2, 0.25) is 10.0 Å². The van der Waals surface area contributed by atoms with Crippen LogP contribution in [0.2, 0.25) is 0 Å². The predicted octanol–water partition coefficient (Wildman–Crippen LogP) is 2.33. The number of nitrogens with one attached hydrogen (secondary N) is 1. The van der Waals surface area contributed by atoms with Crippen LogP contribution in [-0.4, -0.2) is 33.7 Å². The number of para-hydroxylation sites is 1. The third-order valence-corrected chi connectivity index (χ3v) is 4.68. The molecule has 2 rings (SSSR count). The Morgan fingerprint density at radius 3 is 2.38 bits per heavy atom. The van der Waals surface area contributed by atoms with Crippen molar-refractivity contribution in [3.05, 3.63) is 65.5 Å². The van der Waals surface area contributed by atoms with Crippen molar-refractivity contribution >= 4 is 21.6 Å². The van der Waals surface area contributed by atoms with E-state index in [1.807, 2.05) is 19.1 Å². The molecule has 0 atom stereocenters. The number of carbonyl (C=O) groups is 1. The minimum atomic E-state index is -3.50. The molecular weight excluding hydrogens is 331 g/mol. The number of halogens is 1. The molecule has 0 unspecified atom stereocenters. The highest BCUT2D eigenvalue weighted by Gasteiger charge is 2.19. The van der Waals surface area contributed by atoms with Gasteiger partial charge < -0.3 is 5.32 Å². The van der Waals surface area contributed by atoms with Crippen LogP contribution in [0, 0.1) is 12.7 Å². The zero-order valence-corrected chi connectivity index (χ0v) is 14.3. The number of nitrogens with zero attached hydrogens (tertiary/aromatic N) is 1. The highest BCUT2D eigenvalue weighted by atomic mass is 32.2. The predicted molar refractivity (Wildman–Crippen MR) is 92.1 cm³/mol. The van der Waals surface area contributed by atoms with E-state index in [1.165, 1.54) is 22.5 Å². The van der Waals surface area contributed by atoms with E-state index in [4.69, 9.17) is 0 Å². The minimum absolute atomic E-state index is 0.0594. The Kier molecular flexibility index (Phi) is 5.56. The minimum Gasteiger partial charge on any atom is -0.350 e. The van der Waals surface area contributed by atoms with Crippen molar-refractivity contribution in [3.63, 3.8) is 0 Å². The molecule has 0 saturated heterocycles. The monoisotopic (exact) mass is 350 g/mol. The van der Waals surface area contributed by atoms with Gasteiger partial charge in [-0.3, -0.25) is 9.10 Å². The molecular formula is C17H19FN2O3S. The zero-order chi connectivity index (χ0) is 17.7. The number of hydrogen-bond acceptors (Lipinski definition) is 3. The summed E-state index contributed by atoms with van der Waals surface area (Å²) in [6.45, 7) is 1.93. The van der Waals surface area contributed by atoms with Gasteiger partial charge >= 0.3 is 0 Å². The Labute approximate surface area is 141 Å². The smallest absolute Gasteiger partial charge is 0.254 e. The van der Waals surface area contributed by atoms with Gasteiger partial charge in [0.15, 0.2) is 0 Å². The van der Waals surface area contributed by atoms with Crippen molar-refractivity contribution in [1.29, 1.82) is 0 Å². The molecule has 2 aromatic rings. The van der Waals surface area contributed by atoms with E-state index in [0.717, 1.165) is 11.8 Å². The summed E-state index contributed by atoms with van der Waals surface area (Å²) in [5.41, 5.74) is 1.29. The van der Waals surface area contributed by atoms with Crippen molar-refractivity contribution < 1.29 is 17.6 Å². The number of carbonyl (C=O) groups excluding carboxylic acids is 1. The average Bonchev–Trinajstić information content (AvgIpc) is 2.52. The van der Waals surface area contributed by atoms with E-state index in [2.05, 4.69) is 5.32 Å². The molecule has 2 aromatic carbocycles. The second-order valence-electron chi connectivity index (χ2n) is 5.36. The van der Waals surface area contributed by atoms with E-state index in [-0.39, 0.29) is 18.7 Å². The lowest BCUT2D eigenvalue weighted by molar-refractivity contribution is 0.0951. The van der Waals surface area contributed by atoms with Crippen LogP contribution < -0.4 is 9.62 Å². The van der Waals surface area contributed by atoms with Gasteiger partial charge in [-0.05, 0) is 30.7 Å². The van der Waals surface area contributed by atoms with Gasteiger partial charge in [-0.1, -0.05) is 30.3 Å². The lowest BCUT2D eigenvalue weighted by atomic mass is 10.2. The summed E-state index contributed by atoms with van der Waals surface area (Å²) >= 11 is 0. The van der Waals surface area contributed by atoms with Crippen LogP contribution in [0.4, 0.5) is 10.1 Å². The summed E-state index contributed by atoms with van der Waals surface area (Å²) in [6.07, 6.45) is 1.11. The van der Waals surface area contributed by atoms with Gasteiger partial charge in [-0.2, -0.15) is 0 Å². The van der Waals surface area contributed by atoms with Crippen molar-refractivity contribution in [3.8, 4) is 0 Å². The summed E-state index contributed by atoms with van der Waals surface area (Å²) in [6, 6.07) is 12.7. The molecule has 0 aliphatic carbocycles. The number of anilines is 1. The van der Waals surface area contributed by atoms with E-state index >= 15 is 0 Å². The number of aryl methyl sites for hydroxylation is 1. The maximum absolute atomic E-state index is 13.6. The first-order valence-electron chi connectivity index (χ1n) is 7.37. The third-order valence-electron chi connectivity index (χ3n) is 3.50. The second-order valence-corrected chi connectivity index (χ2v) is 7.26. The molecule has 0 aliphatic rings. The number of benzene rings is 2. The van der Waals surface area contributed by atoms with Crippen molar-refractivity contribution in [2.75, 3.05) is 23.7 Å². The fraction of sp³-hybridized carbons (Fsp3) is 0.235. The second kappa shape index (κ2) is 7.44. The SMILES string of the molecule is Cc1ccccc1N(CCNC(=O)c1ccccc1F)S(C)(=O)=O.